The highest BCUT2D eigenvalue weighted by molar-refractivity contribution is 9.10. The number of carbonyl (C=O) groups excluding carboxylic acids is 1. The number of rotatable bonds is 2. The van der Waals surface area contributed by atoms with E-state index in [0.29, 0.717) is 29.8 Å². The molecule has 0 fully saturated rings. The van der Waals surface area contributed by atoms with Crippen molar-refractivity contribution in [2.24, 2.45) is 14.1 Å². The van der Waals surface area contributed by atoms with Gasteiger partial charge >= 0.3 is 5.69 Å². The summed E-state index contributed by atoms with van der Waals surface area (Å²) in [5, 5.41) is 3.27. The first-order valence-corrected chi connectivity index (χ1v) is 10.8. The quantitative estimate of drug-likeness (QED) is 0.605. The first-order valence-electron chi connectivity index (χ1n) is 9.99. The summed E-state index contributed by atoms with van der Waals surface area (Å²) < 4.78 is 8.94. The maximum absolute atomic E-state index is 13.4. The van der Waals surface area contributed by atoms with Crippen LogP contribution in [-0.2, 0) is 18.9 Å². The van der Waals surface area contributed by atoms with E-state index in [-0.39, 0.29) is 11.7 Å². The molecular formula is C23H20BrN3O4. The van der Waals surface area contributed by atoms with Crippen molar-refractivity contribution in [3.63, 3.8) is 0 Å². The molecule has 2 atom stereocenters. The fourth-order valence-electron chi connectivity index (χ4n) is 4.70. The maximum Gasteiger partial charge on any atom is 0.332 e. The summed E-state index contributed by atoms with van der Waals surface area (Å²) in [4.78, 5) is 39.3. The Hall–Kier alpha value is -3.13. The van der Waals surface area contributed by atoms with Crippen LogP contribution in [0.3, 0.4) is 0 Å². The van der Waals surface area contributed by atoms with Crippen LogP contribution in [0.2, 0.25) is 0 Å². The van der Waals surface area contributed by atoms with Gasteiger partial charge in [-0.3, -0.25) is 18.7 Å². The molecular weight excluding hydrogens is 462 g/mol. The number of fused-ring (bicyclic) bond motifs is 1. The third-order valence-electron chi connectivity index (χ3n) is 6.18. The molecule has 31 heavy (non-hydrogen) atoms. The largest absolute Gasteiger partial charge is 0.469 e. The van der Waals surface area contributed by atoms with E-state index in [0.717, 1.165) is 26.1 Å². The lowest BCUT2D eigenvalue weighted by Crippen LogP contribution is -2.44. The number of benzene rings is 1. The summed E-state index contributed by atoms with van der Waals surface area (Å²) >= 11 is 3.50. The van der Waals surface area contributed by atoms with Crippen LogP contribution in [0.1, 0.15) is 41.6 Å². The Morgan fingerprint density at radius 2 is 1.87 bits per heavy atom. The maximum atomic E-state index is 13.4. The summed E-state index contributed by atoms with van der Waals surface area (Å²) in [5.74, 6) is 0.511. The smallest absolute Gasteiger partial charge is 0.332 e. The molecule has 0 saturated heterocycles. The van der Waals surface area contributed by atoms with Gasteiger partial charge in [-0.15, -0.1) is 0 Å². The van der Waals surface area contributed by atoms with E-state index in [4.69, 9.17) is 4.42 Å². The van der Waals surface area contributed by atoms with Gasteiger partial charge in [0.25, 0.3) is 5.56 Å². The zero-order valence-electron chi connectivity index (χ0n) is 17.0. The Morgan fingerprint density at radius 1 is 1.06 bits per heavy atom. The number of hydrogen-bond acceptors (Lipinski definition) is 5. The molecule has 0 radical (unpaired) electrons. The first-order chi connectivity index (χ1) is 14.9. The summed E-state index contributed by atoms with van der Waals surface area (Å²) in [5.41, 5.74) is 1.74. The molecule has 158 valence electrons. The minimum atomic E-state index is -0.556. The van der Waals surface area contributed by atoms with Gasteiger partial charge in [-0.1, -0.05) is 28.1 Å². The highest BCUT2D eigenvalue weighted by Gasteiger charge is 2.41. The fourth-order valence-corrected chi connectivity index (χ4v) is 5.11. The van der Waals surface area contributed by atoms with E-state index in [2.05, 4.69) is 21.2 Å². The molecule has 0 bridgehead atoms. The molecule has 1 aliphatic heterocycles. The Kier molecular flexibility index (Phi) is 4.62. The van der Waals surface area contributed by atoms with Crippen LogP contribution in [0.5, 0.6) is 0 Å². The monoisotopic (exact) mass is 481 g/mol. The van der Waals surface area contributed by atoms with Crippen LogP contribution < -0.4 is 16.6 Å². The minimum absolute atomic E-state index is 0.0262. The van der Waals surface area contributed by atoms with Crippen molar-refractivity contribution < 1.29 is 9.21 Å². The highest BCUT2D eigenvalue weighted by atomic mass is 79.9. The number of allylic oxidation sites excluding steroid dienone is 2. The SMILES string of the molecule is Cn1c2c(c(=O)n(C)c1=O)C(c1cccc(Br)c1)C1=C(CC(c3ccco3)CC1=O)N2. The number of carbonyl (C=O) groups is 1. The predicted octanol–water partition coefficient (Wildman–Crippen LogP) is 3.40. The van der Waals surface area contributed by atoms with E-state index in [1.54, 1.807) is 13.3 Å². The van der Waals surface area contributed by atoms with Crippen LogP contribution in [0.15, 0.2) is 72.4 Å². The van der Waals surface area contributed by atoms with Gasteiger partial charge < -0.3 is 9.73 Å². The molecule has 3 aromatic rings. The average Bonchev–Trinajstić information content (AvgIpc) is 3.30. The van der Waals surface area contributed by atoms with Crippen LogP contribution in [0.25, 0.3) is 0 Å². The van der Waals surface area contributed by atoms with Gasteiger partial charge in [0, 0.05) is 48.1 Å². The number of hydrogen-bond donors (Lipinski definition) is 1. The van der Waals surface area contributed by atoms with Gasteiger partial charge in [-0.2, -0.15) is 0 Å². The van der Waals surface area contributed by atoms with Gasteiger partial charge in [0.15, 0.2) is 5.78 Å². The highest BCUT2D eigenvalue weighted by Crippen LogP contribution is 2.46. The number of aromatic nitrogens is 2. The zero-order chi connectivity index (χ0) is 21.9. The van der Waals surface area contributed by atoms with Gasteiger partial charge in [0.05, 0.1) is 11.8 Å². The molecule has 1 aliphatic carbocycles. The number of Topliss-reactive ketones (excluding diaryl/α,β-unsaturated/α-hetero) is 1. The zero-order valence-corrected chi connectivity index (χ0v) is 18.6. The molecule has 0 spiro atoms. The van der Waals surface area contributed by atoms with E-state index >= 15 is 0 Å². The van der Waals surface area contributed by atoms with Gasteiger partial charge in [-0.25, -0.2) is 4.79 Å². The molecule has 2 aromatic heterocycles. The molecule has 2 unspecified atom stereocenters. The van der Waals surface area contributed by atoms with Crippen LogP contribution in [-0.4, -0.2) is 14.9 Å². The number of nitrogens with zero attached hydrogens (tertiary/aromatic N) is 2. The lowest BCUT2D eigenvalue weighted by molar-refractivity contribution is -0.116. The number of ketones is 1. The van der Waals surface area contributed by atoms with Crippen molar-refractivity contribution in [1.29, 1.82) is 0 Å². The molecule has 8 heteroatoms. The van der Waals surface area contributed by atoms with Crippen molar-refractivity contribution in [3.8, 4) is 0 Å². The van der Waals surface area contributed by atoms with Crippen molar-refractivity contribution in [2.75, 3.05) is 5.32 Å². The van der Waals surface area contributed by atoms with Crippen LogP contribution in [0, 0.1) is 0 Å². The van der Waals surface area contributed by atoms with Gasteiger partial charge in [0.1, 0.15) is 11.6 Å². The second kappa shape index (κ2) is 7.23. The van der Waals surface area contributed by atoms with E-state index < -0.39 is 17.2 Å². The number of furan rings is 1. The fraction of sp³-hybridized carbons (Fsp3) is 0.261. The molecule has 0 amide bonds. The lowest BCUT2D eigenvalue weighted by atomic mass is 9.73. The molecule has 5 rings (SSSR count). The molecule has 3 heterocycles. The summed E-state index contributed by atoms with van der Waals surface area (Å²) in [7, 11) is 3.09. The van der Waals surface area contributed by atoms with E-state index in [1.165, 1.54) is 11.6 Å². The lowest BCUT2D eigenvalue weighted by Gasteiger charge is -2.36. The minimum Gasteiger partial charge on any atom is -0.469 e. The molecule has 0 saturated carbocycles. The van der Waals surface area contributed by atoms with Crippen LogP contribution >= 0.6 is 15.9 Å². The van der Waals surface area contributed by atoms with Crippen molar-refractivity contribution in [3.05, 3.63) is 96.1 Å². The number of nitrogens with one attached hydrogen (secondary N) is 1. The predicted molar refractivity (Wildman–Crippen MR) is 119 cm³/mol. The normalized spacial score (nSPS) is 20.3. The Balaban J connectivity index is 1.77. The second-order valence-corrected chi connectivity index (χ2v) is 8.93. The Morgan fingerprint density at radius 3 is 2.58 bits per heavy atom. The Bertz CT molecular complexity index is 1360. The van der Waals surface area contributed by atoms with Crippen molar-refractivity contribution in [1.82, 2.24) is 9.13 Å². The molecule has 1 aromatic carbocycles. The third kappa shape index (κ3) is 3.05. The molecule has 2 aliphatic rings. The second-order valence-electron chi connectivity index (χ2n) is 8.02. The average molecular weight is 482 g/mol. The van der Waals surface area contributed by atoms with Gasteiger partial charge in [-0.05, 0) is 36.2 Å². The van der Waals surface area contributed by atoms with Crippen molar-refractivity contribution >= 4 is 27.5 Å². The Labute approximate surface area is 186 Å². The van der Waals surface area contributed by atoms with E-state index in [9.17, 15) is 14.4 Å². The molecule has 7 nitrogen and oxygen atoms in total. The summed E-state index contributed by atoms with van der Waals surface area (Å²) in [6.45, 7) is 0. The first kappa shape index (κ1) is 19.8. The summed E-state index contributed by atoms with van der Waals surface area (Å²) in [6, 6.07) is 11.3. The van der Waals surface area contributed by atoms with Crippen LogP contribution in [0.4, 0.5) is 5.82 Å². The molecule has 1 N–H and O–H groups in total. The number of halogens is 1. The van der Waals surface area contributed by atoms with Gasteiger partial charge in [0.2, 0.25) is 0 Å². The number of anilines is 1. The summed E-state index contributed by atoms with van der Waals surface area (Å²) in [6.07, 6.45) is 2.47. The van der Waals surface area contributed by atoms with E-state index in [1.807, 2.05) is 36.4 Å². The van der Waals surface area contributed by atoms with Crippen molar-refractivity contribution in [2.45, 2.75) is 24.7 Å². The topological polar surface area (TPSA) is 86.2 Å². The third-order valence-corrected chi connectivity index (χ3v) is 6.67. The standard InChI is InChI=1S/C23H20BrN3O4/c1-26-21-20(22(29)27(2)23(26)30)18(12-5-3-6-14(24)9-12)19-15(25-21)10-13(11-16(19)28)17-7-4-8-31-17/h3-9,13,18,25H,10-11H2,1-2H3.